The quantitative estimate of drug-likeness (QED) is 0.724. The van der Waals surface area contributed by atoms with Crippen molar-refractivity contribution in [3.63, 3.8) is 0 Å². The van der Waals surface area contributed by atoms with E-state index in [0.717, 1.165) is 11.8 Å². The summed E-state index contributed by atoms with van der Waals surface area (Å²) in [4.78, 5) is 8.14. The van der Waals surface area contributed by atoms with Gasteiger partial charge in [0.15, 0.2) is 0 Å². The third-order valence-corrected chi connectivity index (χ3v) is 2.82. The van der Waals surface area contributed by atoms with Crippen LogP contribution in [0.25, 0.3) is 23.0 Å². The van der Waals surface area contributed by atoms with Crippen molar-refractivity contribution in [3.05, 3.63) is 47.9 Å². The standard InChI is InChI=1S/C14H11FN4O/c1-8-2-4-11(16)10(6-8)14-18-13(19-20-14)12-5-3-9(15)7-17-12/h2-7H,16H2,1H3. The highest BCUT2D eigenvalue weighted by Crippen LogP contribution is 2.27. The van der Waals surface area contributed by atoms with Gasteiger partial charge in [0.1, 0.15) is 11.5 Å². The average molecular weight is 270 g/mol. The van der Waals surface area contributed by atoms with Crippen LogP contribution >= 0.6 is 0 Å². The molecular formula is C14H11FN4O. The fourth-order valence-electron chi connectivity index (χ4n) is 1.80. The van der Waals surface area contributed by atoms with Crippen molar-refractivity contribution < 1.29 is 8.91 Å². The van der Waals surface area contributed by atoms with Crippen LogP contribution < -0.4 is 5.73 Å². The average Bonchev–Trinajstić information content (AvgIpc) is 2.92. The first-order chi connectivity index (χ1) is 9.63. The molecule has 2 aromatic heterocycles. The third-order valence-electron chi connectivity index (χ3n) is 2.82. The van der Waals surface area contributed by atoms with Gasteiger partial charge in [0.2, 0.25) is 5.82 Å². The fourth-order valence-corrected chi connectivity index (χ4v) is 1.80. The van der Waals surface area contributed by atoms with E-state index in [4.69, 9.17) is 10.3 Å². The fraction of sp³-hybridized carbons (Fsp3) is 0.0714. The lowest BCUT2D eigenvalue weighted by Gasteiger charge is -2.01. The Morgan fingerprint density at radius 1 is 1.20 bits per heavy atom. The van der Waals surface area contributed by atoms with Gasteiger partial charge < -0.3 is 10.3 Å². The highest BCUT2D eigenvalue weighted by Gasteiger charge is 2.14. The number of anilines is 1. The Hall–Kier alpha value is -2.76. The predicted octanol–water partition coefficient (Wildman–Crippen LogP) is 2.83. The zero-order valence-electron chi connectivity index (χ0n) is 10.7. The number of aromatic nitrogens is 3. The second kappa shape index (κ2) is 4.73. The molecule has 0 aliphatic rings. The molecule has 0 aliphatic heterocycles. The van der Waals surface area contributed by atoms with Crippen molar-refractivity contribution >= 4 is 5.69 Å². The van der Waals surface area contributed by atoms with Gasteiger partial charge >= 0.3 is 0 Å². The van der Waals surface area contributed by atoms with Gasteiger partial charge in [0, 0.05) is 5.69 Å². The smallest absolute Gasteiger partial charge is 0.260 e. The number of hydrogen-bond donors (Lipinski definition) is 1. The zero-order chi connectivity index (χ0) is 14.1. The number of pyridine rings is 1. The maximum Gasteiger partial charge on any atom is 0.260 e. The van der Waals surface area contributed by atoms with E-state index in [-0.39, 0.29) is 0 Å². The van der Waals surface area contributed by atoms with Gasteiger partial charge in [-0.15, -0.1) is 0 Å². The van der Waals surface area contributed by atoms with E-state index < -0.39 is 5.82 Å². The van der Waals surface area contributed by atoms with Crippen LogP contribution in [0, 0.1) is 12.7 Å². The minimum Gasteiger partial charge on any atom is -0.398 e. The van der Waals surface area contributed by atoms with Gasteiger partial charge in [-0.3, -0.25) is 0 Å². The van der Waals surface area contributed by atoms with E-state index in [2.05, 4.69) is 15.1 Å². The Kier molecular flexibility index (Phi) is 2.90. The monoisotopic (exact) mass is 270 g/mol. The molecule has 0 aliphatic carbocycles. The minimum atomic E-state index is -0.416. The molecule has 2 N–H and O–H groups in total. The number of aryl methyl sites for hydroxylation is 1. The van der Waals surface area contributed by atoms with Crippen molar-refractivity contribution in [2.45, 2.75) is 6.92 Å². The Bertz CT molecular complexity index is 752. The molecule has 0 unspecified atom stereocenters. The second-order valence-corrected chi connectivity index (χ2v) is 4.38. The van der Waals surface area contributed by atoms with Gasteiger partial charge in [0.05, 0.1) is 11.8 Å². The van der Waals surface area contributed by atoms with E-state index in [9.17, 15) is 4.39 Å². The van der Waals surface area contributed by atoms with E-state index in [0.29, 0.717) is 28.7 Å². The molecule has 3 rings (SSSR count). The van der Waals surface area contributed by atoms with Crippen molar-refractivity contribution in [3.8, 4) is 23.0 Å². The number of nitrogens with two attached hydrogens (primary N) is 1. The summed E-state index contributed by atoms with van der Waals surface area (Å²) in [6, 6.07) is 8.33. The van der Waals surface area contributed by atoms with Crippen molar-refractivity contribution in [1.29, 1.82) is 0 Å². The van der Waals surface area contributed by atoms with Crippen LogP contribution in [0.2, 0.25) is 0 Å². The van der Waals surface area contributed by atoms with E-state index in [1.165, 1.54) is 12.1 Å². The number of rotatable bonds is 2. The number of benzene rings is 1. The van der Waals surface area contributed by atoms with E-state index >= 15 is 0 Å². The lowest BCUT2D eigenvalue weighted by molar-refractivity contribution is 0.432. The van der Waals surface area contributed by atoms with E-state index in [1.807, 2.05) is 19.1 Å². The van der Waals surface area contributed by atoms with Crippen molar-refractivity contribution in [2.24, 2.45) is 0 Å². The summed E-state index contributed by atoms with van der Waals surface area (Å²) in [7, 11) is 0. The summed E-state index contributed by atoms with van der Waals surface area (Å²) in [5.41, 5.74) is 8.60. The number of halogens is 1. The highest BCUT2D eigenvalue weighted by molar-refractivity contribution is 5.71. The predicted molar refractivity (Wildman–Crippen MR) is 72.1 cm³/mol. The first-order valence-electron chi connectivity index (χ1n) is 5.95. The largest absolute Gasteiger partial charge is 0.398 e. The Morgan fingerprint density at radius 2 is 2.05 bits per heavy atom. The molecule has 1 aromatic carbocycles. The second-order valence-electron chi connectivity index (χ2n) is 4.38. The summed E-state index contributed by atoms with van der Waals surface area (Å²) in [6.07, 6.45) is 1.10. The van der Waals surface area contributed by atoms with Crippen LogP contribution in [0.3, 0.4) is 0 Å². The van der Waals surface area contributed by atoms with Crippen molar-refractivity contribution in [1.82, 2.24) is 15.1 Å². The number of hydrogen-bond acceptors (Lipinski definition) is 5. The molecule has 5 nitrogen and oxygen atoms in total. The maximum atomic E-state index is 12.8. The van der Waals surface area contributed by atoms with Gasteiger partial charge in [-0.2, -0.15) is 4.98 Å². The first kappa shape index (κ1) is 12.3. The van der Waals surface area contributed by atoms with Crippen LogP contribution in [0.5, 0.6) is 0 Å². The maximum absolute atomic E-state index is 12.8. The third kappa shape index (κ3) is 2.23. The normalized spacial score (nSPS) is 10.7. The summed E-state index contributed by atoms with van der Waals surface area (Å²) < 4.78 is 18.0. The summed E-state index contributed by atoms with van der Waals surface area (Å²) in [5.74, 6) is 0.189. The van der Waals surface area contributed by atoms with Crippen LogP contribution in [-0.4, -0.2) is 15.1 Å². The molecule has 0 atom stereocenters. The molecule has 0 amide bonds. The molecule has 3 aromatic rings. The minimum absolute atomic E-state index is 0.293. The summed E-state index contributed by atoms with van der Waals surface area (Å²) in [6.45, 7) is 1.95. The lowest BCUT2D eigenvalue weighted by Crippen LogP contribution is -1.91. The molecule has 0 saturated carbocycles. The van der Waals surface area contributed by atoms with Crippen LogP contribution in [0.15, 0.2) is 41.1 Å². The molecule has 0 spiro atoms. The van der Waals surface area contributed by atoms with Gasteiger partial charge in [-0.25, -0.2) is 9.37 Å². The number of nitrogens with zero attached hydrogens (tertiary/aromatic N) is 3. The lowest BCUT2D eigenvalue weighted by atomic mass is 10.1. The molecule has 20 heavy (non-hydrogen) atoms. The molecule has 6 heteroatoms. The zero-order valence-corrected chi connectivity index (χ0v) is 10.7. The highest BCUT2D eigenvalue weighted by atomic mass is 19.1. The molecule has 0 radical (unpaired) electrons. The molecular weight excluding hydrogens is 259 g/mol. The summed E-state index contributed by atoms with van der Waals surface area (Å²) in [5, 5.41) is 3.84. The van der Waals surface area contributed by atoms with Crippen LogP contribution in [0.1, 0.15) is 5.56 Å². The van der Waals surface area contributed by atoms with Crippen LogP contribution in [-0.2, 0) is 0 Å². The molecule has 2 heterocycles. The van der Waals surface area contributed by atoms with Crippen molar-refractivity contribution in [2.75, 3.05) is 5.73 Å². The first-order valence-corrected chi connectivity index (χ1v) is 5.95. The molecule has 0 fully saturated rings. The van der Waals surface area contributed by atoms with Gasteiger partial charge in [-0.1, -0.05) is 16.8 Å². The Labute approximate surface area is 114 Å². The van der Waals surface area contributed by atoms with Crippen LogP contribution in [0.4, 0.5) is 10.1 Å². The van der Waals surface area contributed by atoms with Gasteiger partial charge in [-0.05, 0) is 31.2 Å². The Morgan fingerprint density at radius 3 is 2.80 bits per heavy atom. The Balaban J connectivity index is 2.01. The topological polar surface area (TPSA) is 77.8 Å². The SMILES string of the molecule is Cc1ccc(N)c(-c2nc(-c3ccc(F)cn3)no2)c1. The molecule has 100 valence electrons. The number of nitrogen functional groups attached to an aromatic ring is 1. The summed E-state index contributed by atoms with van der Waals surface area (Å²) >= 11 is 0. The molecule has 0 bridgehead atoms. The van der Waals surface area contributed by atoms with E-state index in [1.54, 1.807) is 6.07 Å². The molecule has 0 saturated heterocycles. The van der Waals surface area contributed by atoms with Gasteiger partial charge in [0.25, 0.3) is 5.89 Å².